The number of benzene rings is 2. The number of nitrogens with zero attached hydrogens (tertiary/aromatic N) is 1. The fourth-order valence-corrected chi connectivity index (χ4v) is 1.96. The number of phenolic OH excluding ortho intramolecular Hbond substituents is 2. The lowest BCUT2D eigenvalue weighted by molar-refractivity contribution is 0.450. The maximum absolute atomic E-state index is 9.76. The predicted octanol–water partition coefficient (Wildman–Crippen LogP) is 2.49. The van der Waals surface area contributed by atoms with E-state index in [1.54, 1.807) is 13.0 Å². The van der Waals surface area contributed by atoms with Gasteiger partial charge in [0.05, 0.1) is 5.71 Å². The highest BCUT2D eigenvalue weighted by Gasteiger charge is 2.05. The van der Waals surface area contributed by atoms with Gasteiger partial charge in [-0.1, -0.05) is 30.3 Å². The summed E-state index contributed by atoms with van der Waals surface area (Å²) in [5.41, 5.74) is 4.92. The molecule has 114 valence electrons. The van der Waals surface area contributed by atoms with E-state index in [-0.39, 0.29) is 11.5 Å². The van der Waals surface area contributed by atoms with Gasteiger partial charge < -0.3 is 15.5 Å². The summed E-state index contributed by atoms with van der Waals surface area (Å²) in [4.78, 5) is 0. The highest BCUT2D eigenvalue weighted by molar-refractivity contribution is 7.80. The number of hydrazone groups is 1. The van der Waals surface area contributed by atoms with Crippen molar-refractivity contribution in [3.05, 3.63) is 59.7 Å². The van der Waals surface area contributed by atoms with Crippen LogP contribution in [0.2, 0.25) is 0 Å². The zero-order valence-corrected chi connectivity index (χ0v) is 12.9. The van der Waals surface area contributed by atoms with Crippen LogP contribution in [0, 0.1) is 0 Å². The molecule has 0 spiro atoms. The Kier molecular flexibility index (Phi) is 5.32. The molecule has 0 atom stereocenters. The van der Waals surface area contributed by atoms with Crippen LogP contribution in [0.25, 0.3) is 0 Å². The average Bonchev–Trinajstić information content (AvgIpc) is 2.51. The summed E-state index contributed by atoms with van der Waals surface area (Å²) in [6.45, 7) is 2.34. The van der Waals surface area contributed by atoms with E-state index in [9.17, 15) is 10.2 Å². The van der Waals surface area contributed by atoms with Crippen molar-refractivity contribution in [3.8, 4) is 11.5 Å². The largest absolute Gasteiger partial charge is 0.508 e. The summed E-state index contributed by atoms with van der Waals surface area (Å²) < 4.78 is 0. The van der Waals surface area contributed by atoms with E-state index in [0.29, 0.717) is 22.9 Å². The third-order valence-corrected chi connectivity index (χ3v) is 3.23. The van der Waals surface area contributed by atoms with Gasteiger partial charge in [-0.25, -0.2) is 0 Å². The van der Waals surface area contributed by atoms with Crippen molar-refractivity contribution in [2.45, 2.75) is 13.5 Å². The number of hydrogen-bond acceptors (Lipinski definition) is 4. The topological polar surface area (TPSA) is 76.9 Å². The molecule has 4 N–H and O–H groups in total. The third-order valence-electron chi connectivity index (χ3n) is 2.99. The van der Waals surface area contributed by atoms with Crippen molar-refractivity contribution >= 4 is 23.0 Å². The van der Waals surface area contributed by atoms with E-state index in [2.05, 4.69) is 15.8 Å². The lowest BCUT2D eigenvalue weighted by atomic mass is 10.1. The molecule has 0 saturated carbocycles. The van der Waals surface area contributed by atoms with Crippen molar-refractivity contribution in [2.24, 2.45) is 5.10 Å². The first-order valence-electron chi connectivity index (χ1n) is 6.70. The minimum atomic E-state index is -0.0359. The van der Waals surface area contributed by atoms with Crippen molar-refractivity contribution < 1.29 is 10.2 Å². The Bertz CT molecular complexity index is 687. The van der Waals surface area contributed by atoms with Crippen molar-refractivity contribution in [2.75, 3.05) is 0 Å². The van der Waals surface area contributed by atoms with Gasteiger partial charge in [-0.2, -0.15) is 5.10 Å². The zero-order valence-electron chi connectivity index (χ0n) is 12.1. The molecule has 0 aliphatic heterocycles. The van der Waals surface area contributed by atoms with Gasteiger partial charge in [-0.3, -0.25) is 5.43 Å². The Hall–Kier alpha value is -2.60. The smallest absolute Gasteiger partial charge is 0.187 e. The van der Waals surface area contributed by atoms with E-state index in [1.807, 2.05) is 30.3 Å². The van der Waals surface area contributed by atoms with Crippen molar-refractivity contribution in [3.63, 3.8) is 0 Å². The van der Waals surface area contributed by atoms with Gasteiger partial charge >= 0.3 is 0 Å². The van der Waals surface area contributed by atoms with Crippen LogP contribution in [0.3, 0.4) is 0 Å². The molecule has 0 unspecified atom stereocenters. The van der Waals surface area contributed by atoms with Crippen LogP contribution < -0.4 is 10.7 Å². The number of phenols is 2. The molecule has 2 aromatic rings. The van der Waals surface area contributed by atoms with Gasteiger partial charge in [-0.15, -0.1) is 0 Å². The highest BCUT2D eigenvalue weighted by Crippen LogP contribution is 2.22. The van der Waals surface area contributed by atoms with E-state index in [4.69, 9.17) is 12.2 Å². The molecule has 0 aliphatic rings. The molecule has 0 saturated heterocycles. The summed E-state index contributed by atoms with van der Waals surface area (Å²) in [5, 5.41) is 26.6. The van der Waals surface area contributed by atoms with Crippen LogP contribution in [0.15, 0.2) is 53.6 Å². The minimum absolute atomic E-state index is 0.00191. The quantitative estimate of drug-likeness (QED) is 0.396. The monoisotopic (exact) mass is 315 g/mol. The lowest BCUT2D eigenvalue weighted by Crippen LogP contribution is -2.32. The van der Waals surface area contributed by atoms with E-state index in [0.717, 1.165) is 5.56 Å². The van der Waals surface area contributed by atoms with Gasteiger partial charge in [0.2, 0.25) is 0 Å². The third kappa shape index (κ3) is 4.46. The molecular weight excluding hydrogens is 298 g/mol. The molecule has 0 heterocycles. The van der Waals surface area contributed by atoms with Crippen LogP contribution >= 0.6 is 12.2 Å². The molecule has 22 heavy (non-hydrogen) atoms. The first-order chi connectivity index (χ1) is 10.6. The molecule has 2 aromatic carbocycles. The zero-order chi connectivity index (χ0) is 15.9. The molecule has 0 amide bonds. The number of hydrogen-bond donors (Lipinski definition) is 4. The Morgan fingerprint density at radius 1 is 1.14 bits per heavy atom. The molecule has 6 heteroatoms. The van der Waals surface area contributed by atoms with Crippen LogP contribution in [-0.4, -0.2) is 21.0 Å². The fourth-order valence-electron chi connectivity index (χ4n) is 1.84. The fraction of sp³-hybridized carbons (Fsp3) is 0.125. The second-order valence-electron chi connectivity index (χ2n) is 4.68. The normalized spacial score (nSPS) is 11.0. The number of thiocarbonyl (C=S) groups is 1. The second kappa shape index (κ2) is 7.42. The van der Waals surface area contributed by atoms with Crippen LogP contribution in [0.5, 0.6) is 11.5 Å². The van der Waals surface area contributed by atoms with Crippen LogP contribution in [0.4, 0.5) is 0 Å². The van der Waals surface area contributed by atoms with Gasteiger partial charge in [0.25, 0.3) is 0 Å². The molecule has 0 aliphatic carbocycles. The Labute approximate surface area is 134 Å². The highest BCUT2D eigenvalue weighted by atomic mass is 32.1. The summed E-state index contributed by atoms with van der Waals surface area (Å²) in [6, 6.07) is 14.2. The van der Waals surface area contributed by atoms with Gasteiger partial charge in [0.15, 0.2) is 5.11 Å². The second-order valence-corrected chi connectivity index (χ2v) is 5.09. The molecule has 0 fully saturated rings. The summed E-state index contributed by atoms with van der Waals surface area (Å²) >= 11 is 5.14. The molecular formula is C16H17N3O2S. The van der Waals surface area contributed by atoms with E-state index < -0.39 is 0 Å². The van der Waals surface area contributed by atoms with Crippen molar-refractivity contribution in [1.29, 1.82) is 0 Å². The maximum Gasteiger partial charge on any atom is 0.187 e. The lowest BCUT2D eigenvalue weighted by Gasteiger charge is -2.09. The first kappa shape index (κ1) is 15.8. The van der Waals surface area contributed by atoms with Gasteiger partial charge in [0.1, 0.15) is 11.5 Å². The average molecular weight is 315 g/mol. The Balaban J connectivity index is 1.91. The first-order valence-corrected chi connectivity index (χ1v) is 7.11. The Morgan fingerprint density at radius 3 is 2.55 bits per heavy atom. The maximum atomic E-state index is 9.76. The predicted molar refractivity (Wildman–Crippen MR) is 91.0 cm³/mol. The van der Waals surface area contributed by atoms with E-state index in [1.165, 1.54) is 12.1 Å². The summed E-state index contributed by atoms with van der Waals surface area (Å²) in [6.07, 6.45) is 0. The molecule has 0 radical (unpaired) electrons. The van der Waals surface area contributed by atoms with E-state index >= 15 is 0 Å². The van der Waals surface area contributed by atoms with Gasteiger partial charge in [-0.05, 0) is 36.8 Å². The minimum Gasteiger partial charge on any atom is -0.508 e. The number of rotatable bonds is 4. The SMILES string of the molecule is C/C(=N\NC(=S)NCc1ccccc1)c1ccc(O)cc1O. The molecule has 0 bridgehead atoms. The number of nitrogens with one attached hydrogen (secondary N) is 2. The summed E-state index contributed by atoms with van der Waals surface area (Å²) in [7, 11) is 0. The molecule has 5 nitrogen and oxygen atoms in total. The van der Waals surface area contributed by atoms with Crippen LogP contribution in [-0.2, 0) is 6.54 Å². The standard InChI is InChI=1S/C16H17N3O2S/c1-11(14-8-7-13(20)9-15(14)21)18-19-16(22)17-10-12-5-3-2-4-6-12/h2-9,20-21H,10H2,1H3,(H2,17,19,22)/b18-11+. The summed E-state index contributed by atoms with van der Waals surface area (Å²) in [5.74, 6) is -0.0340. The molecule has 2 rings (SSSR count). The van der Waals surface area contributed by atoms with Crippen LogP contribution in [0.1, 0.15) is 18.1 Å². The molecule has 0 aromatic heterocycles. The van der Waals surface area contributed by atoms with Crippen molar-refractivity contribution in [1.82, 2.24) is 10.7 Å². The van der Waals surface area contributed by atoms with Gasteiger partial charge in [0, 0.05) is 18.2 Å². The number of aromatic hydroxyl groups is 2. The Morgan fingerprint density at radius 2 is 1.86 bits per heavy atom.